The fourth-order valence-corrected chi connectivity index (χ4v) is 6.91. The third-order valence-electron chi connectivity index (χ3n) is 7.82. The number of halogens is 2. The molecule has 1 aromatic heterocycles. The lowest BCUT2D eigenvalue weighted by molar-refractivity contribution is -0.120. The summed E-state index contributed by atoms with van der Waals surface area (Å²) in [5.74, 6) is 0.0713. The van der Waals surface area contributed by atoms with E-state index >= 15 is 0 Å². The number of nitrogens with zero attached hydrogens (tertiary/aromatic N) is 3. The standard InChI is InChI=1S/C30H28ClFN4O3S/c1-35-14-13-33-29(35)18-36(30(37)27-17-25(27)19-5-9-21(31)10-6-19)23-11-7-20-8-12-28(26(20)16-23)34-40(38,39)24-4-2-3-22(32)15-24/h2-7,9-11,13-16,25,27-28,34H,8,12,17-18H2,1H3/t25-,27-,28+/m0/s1. The van der Waals surface area contributed by atoms with Crippen molar-refractivity contribution < 1.29 is 17.6 Å². The molecule has 206 valence electrons. The van der Waals surface area contributed by atoms with E-state index in [0.717, 1.165) is 35.0 Å². The van der Waals surface area contributed by atoms with E-state index in [-0.39, 0.29) is 29.2 Å². The summed E-state index contributed by atoms with van der Waals surface area (Å²) in [6, 6.07) is 17.9. The van der Waals surface area contributed by atoms with Gasteiger partial charge in [0.25, 0.3) is 0 Å². The summed E-state index contributed by atoms with van der Waals surface area (Å²) in [7, 11) is -2.06. The maximum Gasteiger partial charge on any atom is 0.241 e. The molecule has 0 radical (unpaired) electrons. The summed E-state index contributed by atoms with van der Waals surface area (Å²) < 4.78 is 44.5. The Balaban J connectivity index is 1.29. The van der Waals surface area contributed by atoms with Crippen LogP contribution in [0.15, 0.2) is 84.0 Å². The fraction of sp³-hybridized carbons (Fsp3) is 0.267. The van der Waals surface area contributed by atoms with Crippen LogP contribution in [0.25, 0.3) is 0 Å². The highest BCUT2D eigenvalue weighted by atomic mass is 35.5. The molecular weight excluding hydrogens is 551 g/mol. The minimum Gasteiger partial charge on any atom is -0.337 e. The lowest BCUT2D eigenvalue weighted by Gasteiger charge is -2.25. The van der Waals surface area contributed by atoms with Crippen molar-refractivity contribution in [3.8, 4) is 0 Å². The van der Waals surface area contributed by atoms with Gasteiger partial charge in [-0.25, -0.2) is 22.5 Å². The molecule has 0 aliphatic heterocycles. The molecule has 2 aliphatic carbocycles. The van der Waals surface area contributed by atoms with Gasteiger partial charge in [-0.15, -0.1) is 0 Å². The first-order valence-corrected chi connectivity index (χ1v) is 15.0. The normalized spacial score (nSPS) is 19.8. The lowest BCUT2D eigenvalue weighted by atomic mass is 10.1. The van der Waals surface area contributed by atoms with E-state index < -0.39 is 21.9 Å². The molecule has 6 rings (SSSR count). The molecule has 0 saturated heterocycles. The number of fused-ring (bicyclic) bond motifs is 1. The van der Waals surface area contributed by atoms with Crippen molar-refractivity contribution in [2.75, 3.05) is 4.90 Å². The molecule has 1 heterocycles. The van der Waals surface area contributed by atoms with Gasteiger partial charge in [-0.05, 0) is 84.3 Å². The average molecular weight is 579 g/mol. The van der Waals surface area contributed by atoms with Crippen molar-refractivity contribution in [2.45, 2.75) is 42.7 Å². The number of rotatable bonds is 8. The molecule has 0 bridgehead atoms. The summed E-state index contributed by atoms with van der Waals surface area (Å²) in [6.45, 7) is 0.282. The van der Waals surface area contributed by atoms with Gasteiger partial charge < -0.3 is 9.47 Å². The average Bonchev–Trinajstić information content (AvgIpc) is 3.49. The molecule has 1 amide bonds. The number of sulfonamides is 1. The van der Waals surface area contributed by atoms with E-state index in [1.165, 1.54) is 18.2 Å². The first-order chi connectivity index (χ1) is 19.2. The Morgan fingerprint density at radius 3 is 2.67 bits per heavy atom. The maximum absolute atomic E-state index is 13.9. The number of benzene rings is 3. The molecule has 3 atom stereocenters. The highest BCUT2D eigenvalue weighted by Gasteiger charge is 2.46. The number of aromatic nitrogens is 2. The molecule has 1 fully saturated rings. The molecular formula is C30H28ClFN4O3S. The van der Waals surface area contributed by atoms with E-state index in [0.29, 0.717) is 23.6 Å². The van der Waals surface area contributed by atoms with E-state index in [2.05, 4.69) is 9.71 Å². The third-order valence-corrected chi connectivity index (χ3v) is 9.54. The third kappa shape index (κ3) is 5.29. The van der Waals surface area contributed by atoms with Crippen LogP contribution < -0.4 is 9.62 Å². The van der Waals surface area contributed by atoms with Crippen LogP contribution in [0, 0.1) is 11.7 Å². The smallest absolute Gasteiger partial charge is 0.241 e. The number of anilines is 1. The minimum absolute atomic E-state index is 0.00205. The Morgan fingerprint density at radius 1 is 1.15 bits per heavy atom. The van der Waals surface area contributed by atoms with Crippen molar-refractivity contribution in [3.63, 3.8) is 0 Å². The van der Waals surface area contributed by atoms with Gasteiger partial charge in [0, 0.05) is 42.1 Å². The fourth-order valence-electron chi connectivity index (χ4n) is 5.50. The van der Waals surface area contributed by atoms with Gasteiger partial charge in [-0.1, -0.05) is 35.9 Å². The van der Waals surface area contributed by atoms with Gasteiger partial charge >= 0.3 is 0 Å². The van der Waals surface area contributed by atoms with Crippen molar-refractivity contribution in [2.24, 2.45) is 13.0 Å². The molecule has 10 heteroatoms. The number of nitrogens with one attached hydrogen (secondary N) is 1. The Morgan fingerprint density at radius 2 is 1.95 bits per heavy atom. The Labute approximate surface area is 237 Å². The van der Waals surface area contributed by atoms with Crippen molar-refractivity contribution in [1.82, 2.24) is 14.3 Å². The van der Waals surface area contributed by atoms with Gasteiger partial charge in [0.1, 0.15) is 11.6 Å². The zero-order valence-electron chi connectivity index (χ0n) is 21.8. The number of imidazole rings is 1. The van der Waals surface area contributed by atoms with E-state index in [9.17, 15) is 17.6 Å². The number of amides is 1. The van der Waals surface area contributed by atoms with Gasteiger partial charge in [0.2, 0.25) is 15.9 Å². The minimum atomic E-state index is -3.94. The monoisotopic (exact) mass is 578 g/mol. The van der Waals surface area contributed by atoms with Gasteiger partial charge in [0.05, 0.1) is 11.4 Å². The molecule has 0 unspecified atom stereocenters. The molecule has 4 aromatic rings. The Bertz CT molecular complexity index is 1690. The number of hydrogen-bond donors (Lipinski definition) is 1. The first-order valence-electron chi connectivity index (χ1n) is 13.1. The maximum atomic E-state index is 13.9. The van der Waals surface area contributed by atoms with Crippen LogP contribution in [0.1, 0.15) is 47.3 Å². The number of aryl methyl sites for hydroxylation is 2. The quantitative estimate of drug-likeness (QED) is 0.299. The zero-order chi connectivity index (χ0) is 28.0. The molecule has 1 saturated carbocycles. The number of carbonyl (C=O) groups excluding carboxylic acids is 1. The number of hydrogen-bond acceptors (Lipinski definition) is 4. The van der Waals surface area contributed by atoms with Crippen LogP contribution in [-0.4, -0.2) is 23.9 Å². The summed E-state index contributed by atoms with van der Waals surface area (Å²) in [4.78, 5) is 20.0. The topological polar surface area (TPSA) is 84.3 Å². The second kappa shape index (κ2) is 10.5. The van der Waals surface area contributed by atoms with Crippen LogP contribution in [0.4, 0.5) is 10.1 Å². The molecule has 1 N–H and O–H groups in total. The SMILES string of the molecule is Cn1ccnc1CN(C(=O)[C@H]1C[C@H]1c1ccc(Cl)cc1)c1ccc2c(c1)[C@H](NS(=O)(=O)c1cccc(F)c1)CC2. The molecule has 40 heavy (non-hydrogen) atoms. The first kappa shape index (κ1) is 26.7. The van der Waals surface area contributed by atoms with Gasteiger partial charge in [0.15, 0.2) is 0 Å². The highest BCUT2D eigenvalue weighted by Crippen LogP contribution is 2.49. The van der Waals surface area contributed by atoms with Crippen LogP contribution >= 0.6 is 11.6 Å². The van der Waals surface area contributed by atoms with Crippen molar-refractivity contribution in [3.05, 3.63) is 112 Å². The molecule has 2 aliphatic rings. The van der Waals surface area contributed by atoms with Crippen LogP contribution in [0.2, 0.25) is 5.02 Å². The van der Waals surface area contributed by atoms with Gasteiger partial charge in [-0.3, -0.25) is 4.79 Å². The predicted octanol–water partition coefficient (Wildman–Crippen LogP) is 5.52. The van der Waals surface area contributed by atoms with Gasteiger partial charge in [-0.2, -0.15) is 0 Å². The molecule has 3 aromatic carbocycles. The Hall–Kier alpha value is -3.53. The highest BCUT2D eigenvalue weighted by molar-refractivity contribution is 7.89. The number of carbonyl (C=O) groups is 1. The van der Waals surface area contributed by atoms with E-state index in [4.69, 9.17) is 11.6 Å². The Kier molecular flexibility index (Phi) is 6.98. The summed E-state index contributed by atoms with van der Waals surface area (Å²) in [5, 5.41) is 0.657. The molecule has 7 nitrogen and oxygen atoms in total. The van der Waals surface area contributed by atoms with Crippen molar-refractivity contribution in [1.29, 1.82) is 0 Å². The summed E-state index contributed by atoms with van der Waals surface area (Å²) in [6.07, 6.45) is 5.55. The predicted molar refractivity (Wildman–Crippen MR) is 151 cm³/mol. The summed E-state index contributed by atoms with van der Waals surface area (Å²) in [5.41, 5.74) is 3.61. The van der Waals surface area contributed by atoms with Crippen LogP contribution in [0.5, 0.6) is 0 Å². The summed E-state index contributed by atoms with van der Waals surface area (Å²) >= 11 is 6.06. The van der Waals surface area contributed by atoms with E-state index in [1.807, 2.05) is 60.3 Å². The lowest BCUT2D eigenvalue weighted by Crippen LogP contribution is -2.33. The zero-order valence-corrected chi connectivity index (χ0v) is 23.4. The molecule has 0 spiro atoms. The van der Waals surface area contributed by atoms with E-state index in [1.54, 1.807) is 11.1 Å². The largest absolute Gasteiger partial charge is 0.337 e. The van der Waals surface area contributed by atoms with Crippen LogP contribution in [0.3, 0.4) is 0 Å². The second-order valence-electron chi connectivity index (χ2n) is 10.4. The van der Waals surface area contributed by atoms with Crippen molar-refractivity contribution >= 4 is 33.2 Å². The second-order valence-corrected chi connectivity index (χ2v) is 12.6. The van der Waals surface area contributed by atoms with Crippen LogP contribution in [-0.2, 0) is 34.8 Å².